The number of hydrogen-bond acceptors (Lipinski definition) is 7. The molecule has 8 nitrogen and oxygen atoms in total. The standard InChI is InChI=1S/C30H35NO7/c1-35-26-10-4-21(5-11-26)30(22-6-12-27(36-2)13-7-22,23-8-14-28(37-3)15-9-23)38-17-16-31-20-25(32)18-24(31)19-29(33)34/h4-15,24-25,32H,16-20H2,1-3H3,(H,33,34)/t24-,25+/m1/s1. The first kappa shape index (κ1) is 27.4. The minimum atomic E-state index is -0.995. The number of likely N-dealkylation sites (tertiary alicyclic amines) is 1. The molecule has 3 aromatic carbocycles. The molecule has 202 valence electrons. The van der Waals surface area contributed by atoms with E-state index in [2.05, 4.69) is 0 Å². The second-order valence-electron chi connectivity index (χ2n) is 9.35. The zero-order valence-corrected chi connectivity index (χ0v) is 22.0. The maximum atomic E-state index is 11.4. The Bertz CT molecular complexity index is 1060. The Kier molecular flexibility index (Phi) is 8.89. The van der Waals surface area contributed by atoms with Gasteiger partial charge in [-0.1, -0.05) is 36.4 Å². The maximum absolute atomic E-state index is 11.4. The van der Waals surface area contributed by atoms with E-state index in [1.54, 1.807) is 21.3 Å². The number of aliphatic hydroxyl groups excluding tert-OH is 1. The molecule has 8 heteroatoms. The summed E-state index contributed by atoms with van der Waals surface area (Å²) in [6.45, 7) is 1.19. The Labute approximate surface area is 223 Å². The third-order valence-corrected chi connectivity index (χ3v) is 7.10. The normalized spacial score (nSPS) is 17.8. The number of methoxy groups -OCH3 is 3. The number of nitrogens with zero attached hydrogens (tertiary/aromatic N) is 1. The highest BCUT2D eigenvalue weighted by Crippen LogP contribution is 2.42. The number of β-amino-alcohol motifs (C(OH)–C–C–N with tert-alkyl or cyclic N) is 1. The number of aliphatic carboxylic acids is 1. The molecule has 1 aliphatic heterocycles. The maximum Gasteiger partial charge on any atom is 0.304 e. The fraction of sp³-hybridized carbons (Fsp3) is 0.367. The van der Waals surface area contributed by atoms with Crippen molar-refractivity contribution in [3.63, 3.8) is 0 Å². The van der Waals surface area contributed by atoms with Gasteiger partial charge in [-0.15, -0.1) is 0 Å². The third-order valence-electron chi connectivity index (χ3n) is 7.10. The molecule has 1 fully saturated rings. The first-order valence-corrected chi connectivity index (χ1v) is 12.6. The number of carboxylic acid groups (broad SMARTS) is 1. The Hall–Kier alpha value is -3.59. The van der Waals surface area contributed by atoms with E-state index in [9.17, 15) is 15.0 Å². The summed E-state index contributed by atoms with van der Waals surface area (Å²) in [5, 5.41) is 19.5. The van der Waals surface area contributed by atoms with Gasteiger partial charge in [-0.2, -0.15) is 0 Å². The first-order valence-electron chi connectivity index (χ1n) is 12.6. The molecule has 0 aliphatic carbocycles. The molecule has 3 aromatic rings. The Balaban J connectivity index is 1.75. The Morgan fingerprint density at radius 2 is 1.24 bits per heavy atom. The monoisotopic (exact) mass is 521 g/mol. The lowest BCUT2D eigenvalue weighted by atomic mass is 9.80. The molecule has 2 N–H and O–H groups in total. The van der Waals surface area contributed by atoms with Gasteiger partial charge in [0.25, 0.3) is 0 Å². The van der Waals surface area contributed by atoms with Crippen LogP contribution in [0.3, 0.4) is 0 Å². The molecule has 1 aliphatic rings. The molecule has 2 atom stereocenters. The van der Waals surface area contributed by atoms with Crippen LogP contribution in [0.15, 0.2) is 72.8 Å². The highest BCUT2D eigenvalue weighted by molar-refractivity contribution is 5.67. The minimum Gasteiger partial charge on any atom is -0.497 e. The SMILES string of the molecule is COc1ccc(C(OCCN2C[C@@H](O)C[C@@H]2CC(=O)O)(c2ccc(OC)cc2)c2ccc(OC)cc2)cc1. The summed E-state index contributed by atoms with van der Waals surface area (Å²) in [4.78, 5) is 13.4. The number of ether oxygens (including phenoxy) is 4. The van der Waals surface area contributed by atoms with E-state index in [0.717, 1.165) is 33.9 Å². The van der Waals surface area contributed by atoms with E-state index < -0.39 is 17.7 Å². The van der Waals surface area contributed by atoms with Gasteiger partial charge in [0, 0.05) is 19.1 Å². The lowest BCUT2D eigenvalue weighted by Gasteiger charge is -2.37. The zero-order chi connectivity index (χ0) is 27.1. The number of benzene rings is 3. The van der Waals surface area contributed by atoms with Crippen molar-refractivity contribution in [3.8, 4) is 17.2 Å². The van der Waals surface area contributed by atoms with Gasteiger partial charge in [-0.05, 0) is 59.5 Å². The van der Waals surface area contributed by atoms with E-state index in [1.165, 1.54) is 0 Å². The lowest BCUT2D eigenvalue weighted by molar-refractivity contribution is -0.138. The summed E-state index contributed by atoms with van der Waals surface area (Å²) in [7, 11) is 4.89. The second kappa shape index (κ2) is 12.3. The summed E-state index contributed by atoms with van der Waals surface area (Å²) in [5.74, 6) is 1.32. The van der Waals surface area contributed by atoms with E-state index in [0.29, 0.717) is 26.1 Å². The van der Waals surface area contributed by atoms with Crippen LogP contribution in [-0.2, 0) is 15.1 Å². The smallest absolute Gasteiger partial charge is 0.304 e. The van der Waals surface area contributed by atoms with Gasteiger partial charge in [-0.25, -0.2) is 0 Å². The average molecular weight is 522 g/mol. The quantitative estimate of drug-likeness (QED) is 0.346. The highest BCUT2D eigenvalue weighted by atomic mass is 16.5. The molecule has 0 spiro atoms. The molecule has 0 bridgehead atoms. The average Bonchev–Trinajstić information content (AvgIpc) is 3.29. The van der Waals surface area contributed by atoms with Crippen LogP contribution in [0.5, 0.6) is 17.2 Å². The van der Waals surface area contributed by atoms with Crippen LogP contribution in [0.2, 0.25) is 0 Å². The predicted octanol–water partition coefficient (Wildman–Crippen LogP) is 3.93. The minimum absolute atomic E-state index is 0.0162. The summed E-state index contributed by atoms with van der Waals surface area (Å²) in [6.07, 6.45) is -0.126. The van der Waals surface area contributed by atoms with E-state index in [4.69, 9.17) is 18.9 Å². The molecule has 0 radical (unpaired) electrons. The number of carboxylic acids is 1. The Morgan fingerprint density at radius 3 is 1.61 bits per heavy atom. The van der Waals surface area contributed by atoms with Crippen molar-refractivity contribution < 1.29 is 34.0 Å². The Morgan fingerprint density at radius 1 is 0.816 bits per heavy atom. The molecular formula is C30H35NO7. The van der Waals surface area contributed by atoms with Crippen LogP contribution in [0.25, 0.3) is 0 Å². The van der Waals surface area contributed by atoms with Crippen molar-refractivity contribution in [3.05, 3.63) is 89.5 Å². The molecular weight excluding hydrogens is 486 g/mol. The van der Waals surface area contributed by atoms with Gasteiger partial charge in [-0.3, -0.25) is 9.69 Å². The van der Waals surface area contributed by atoms with Crippen LogP contribution in [0, 0.1) is 0 Å². The first-order chi connectivity index (χ1) is 18.4. The van der Waals surface area contributed by atoms with Crippen LogP contribution >= 0.6 is 0 Å². The summed E-state index contributed by atoms with van der Waals surface area (Å²) >= 11 is 0. The van der Waals surface area contributed by atoms with Gasteiger partial charge >= 0.3 is 5.97 Å². The van der Waals surface area contributed by atoms with Crippen molar-refractivity contribution >= 4 is 5.97 Å². The van der Waals surface area contributed by atoms with Crippen molar-refractivity contribution in [2.45, 2.75) is 30.6 Å². The molecule has 38 heavy (non-hydrogen) atoms. The molecule has 1 saturated heterocycles. The second-order valence-corrected chi connectivity index (χ2v) is 9.35. The van der Waals surface area contributed by atoms with Crippen molar-refractivity contribution in [1.82, 2.24) is 4.90 Å². The number of aliphatic hydroxyl groups is 1. The van der Waals surface area contributed by atoms with E-state index in [1.807, 2.05) is 77.7 Å². The predicted molar refractivity (Wildman–Crippen MR) is 143 cm³/mol. The van der Waals surface area contributed by atoms with Gasteiger partial charge in [0.2, 0.25) is 0 Å². The number of carbonyl (C=O) groups is 1. The topological polar surface area (TPSA) is 97.7 Å². The fourth-order valence-corrected chi connectivity index (χ4v) is 5.19. The van der Waals surface area contributed by atoms with Crippen molar-refractivity contribution in [2.24, 2.45) is 0 Å². The summed E-state index contributed by atoms with van der Waals surface area (Å²) in [5.41, 5.74) is 1.71. The highest BCUT2D eigenvalue weighted by Gasteiger charge is 2.39. The van der Waals surface area contributed by atoms with Crippen LogP contribution in [-0.4, -0.2) is 74.3 Å². The van der Waals surface area contributed by atoms with Crippen LogP contribution in [0.4, 0.5) is 0 Å². The van der Waals surface area contributed by atoms with E-state index in [-0.39, 0.29) is 12.5 Å². The van der Waals surface area contributed by atoms with Gasteiger partial charge in [0.05, 0.1) is 40.5 Å². The molecule has 0 amide bonds. The van der Waals surface area contributed by atoms with Crippen molar-refractivity contribution in [2.75, 3.05) is 41.0 Å². The largest absolute Gasteiger partial charge is 0.497 e. The van der Waals surface area contributed by atoms with Gasteiger partial charge in [0.1, 0.15) is 22.8 Å². The summed E-state index contributed by atoms with van der Waals surface area (Å²) < 4.78 is 23.1. The van der Waals surface area contributed by atoms with E-state index >= 15 is 0 Å². The summed E-state index contributed by atoms with van der Waals surface area (Å²) in [6, 6.07) is 23.1. The molecule has 0 aromatic heterocycles. The number of rotatable bonds is 12. The van der Waals surface area contributed by atoms with Crippen molar-refractivity contribution in [1.29, 1.82) is 0 Å². The molecule has 1 heterocycles. The molecule has 0 saturated carbocycles. The lowest BCUT2D eigenvalue weighted by Crippen LogP contribution is -2.39. The van der Waals surface area contributed by atoms with Gasteiger partial charge < -0.3 is 29.2 Å². The van der Waals surface area contributed by atoms with Crippen LogP contribution < -0.4 is 14.2 Å². The third kappa shape index (κ3) is 5.93. The number of hydrogen-bond donors (Lipinski definition) is 2. The van der Waals surface area contributed by atoms with Crippen LogP contribution in [0.1, 0.15) is 29.5 Å². The van der Waals surface area contributed by atoms with Gasteiger partial charge in [0.15, 0.2) is 0 Å². The zero-order valence-electron chi connectivity index (χ0n) is 22.0. The fourth-order valence-electron chi connectivity index (χ4n) is 5.19. The molecule has 4 rings (SSSR count). The molecule has 0 unspecified atom stereocenters.